The van der Waals surface area contributed by atoms with Gasteiger partial charge in [-0.05, 0) is 43.9 Å². The zero-order valence-electron chi connectivity index (χ0n) is 11.0. The van der Waals surface area contributed by atoms with Crippen molar-refractivity contribution in [3.8, 4) is 0 Å². The predicted octanol–water partition coefficient (Wildman–Crippen LogP) is 3.57. The Balaban J connectivity index is 2.56. The van der Waals surface area contributed by atoms with Crippen LogP contribution in [0.5, 0.6) is 0 Å². The largest absolute Gasteiger partial charge is 0.468 e. The van der Waals surface area contributed by atoms with Crippen LogP contribution in [0.2, 0.25) is 0 Å². The van der Waals surface area contributed by atoms with E-state index in [-0.39, 0.29) is 0 Å². The molecule has 0 aromatic heterocycles. The number of hydrogen-bond donors (Lipinski definition) is 0. The van der Waals surface area contributed by atoms with Gasteiger partial charge in [-0.3, -0.25) is 4.79 Å². The molecule has 2 heteroatoms. The lowest BCUT2D eigenvalue weighted by Gasteiger charge is -2.22. The van der Waals surface area contributed by atoms with Crippen LogP contribution in [0, 0.1) is 17.8 Å². The molecule has 0 aromatic carbocycles. The number of allylic oxidation sites excluding steroid dienone is 2. The van der Waals surface area contributed by atoms with Gasteiger partial charge in [0.25, 0.3) is 6.47 Å². The van der Waals surface area contributed by atoms with E-state index < -0.39 is 0 Å². The Morgan fingerprint density at radius 3 is 2.69 bits per heavy atom. The predicted molar refractivity (Wildman–Crippen MR) is 66.1 cm³/mol. The third-order valence-electron chi connectivity index (χ3n) is 3.65. The van der Waals surface area contributed by atoms with Crippen LogP contribution in [-0.4, -0.2) is 13.1 Å². The van der Waals surface area contributed by atoms with Crippen molar-refractivity contribution in [2.75, 3.05) is 6.61 Å². The van der Waals surface area contributed by atoms with Gasteiger partial charge in [-0.15, -0.1) is 0 Å². The summed E-state index contributed by atoms with van der Waals surface area (Å²) in [5, 5.41) is 0. The number of carbonyl (C=O) groups is 1. The molecule has 0 N–H and O–H groups in total. The van der Waals surface area contributed by atoms with Crippen molar-refractivity contribution in [1.82, 2.24) is 0 Å². The maximum Gasteiger partial charge on any atom is 0.293 e. The van der Waals surface area contributed by atoms with Crippen LogP contribution >= 0.6 is 0 Å². The highest BCUT2D eigenvalue weighted by molar-refractivity contribution is 5.36. The molecule has 0 radical (unpaired) electrons. The normalized spacial score (nSPS) is 22.7. The molecule has 0 amide bonds. The molecule has 1 aliphatic rings. The Morgan fingerprint density at radius 2 is 2.12 bits per heavy atom. The highest BCUT2D eigenvalue weighted by Gasteiger charge is 2.26. The summed E-state index contributed by atoms with van der Waals surface area (Å²) in [5.41, 5.74) is 3.19. The van der Waals surface area contributed by atoms with Crippen LogP contribution in [-0.2, 0) is 9.53 Å². The Labute approximate surface area is 99.1 Å². The zero-order chi connectivity index (χ0) is 12.1. The maximum absolute atomic E-state index is 10.1. The lowest BCUT2D eigenvalue weighted by atomic mass is 9.85. The summed E-state index contributed by atoms with van der Waals surface area (Å²) in [6.45, 7) is 10.1. The van der Waals surface area contributed by atoms with Crippen LogP contribution in [0.4, 0.5) is 0 Å². The Bertz CT molecular complexity index is 266. The van der Waals surface area contributed by atoms with E-state index in [0.717, 1.165) is 18.3 Å². The first kappa shape index (κ1) is 13.3. The topological polar surface area (TPSA) is 26.3 Å². The van der Waals surface area contributed by atoms with E-state index in [1.807, 2.05) is 0 Å². The zero-order valence-corrected chi connectivity index (χ0v) is 11.0. The second-order valence-electron chi connectivity index (χ2n) is 5.43. The van der Waals surface area contributed by atoms with Gasteiger partial charge in [-0.1, -0.05) is 31.9 Å². The highest BCUT2D eigenvalue weighted by atomic mass is 16.5. The molecule has 16 heavy (non-hydrogen) atoms. The molecule has 0 aliphatic heterocycles. The minimum absolute atomic E-state index is 0.439. The SMILES string of the molecule is CC1=C(CC(C)COC=O)C(C(C)C)CC1. The van der Waals surface area contributed by atoms with E-state index in [1.54, 1.807) is 11.1 Å². The molecule has 1 aliphatic carbocycles. The fraction of sp³-hybridized carbons (Fsp3) is 0.786. The van der Waals surface area contributed by atoms with Gasteiger partial charge in [0.1, 0.15) is 0 Å². The number of carbonyl (C=O) groups excluding carboxylic acids is 1. The lowest BCUT2D eigenvalue weighted by molar-refractivity contribution is -0.129. The number of rotatable bonds is 6. The van der Waals surface area contributed by atoms with Gasteiger partial charge in [0.15, 0.2) is 0 Å². The molecule has 0 spiro atoms. The standard InChI is InChI=1S/C14H24O2/c1-10(2)13-6-5-12(4)14(13)7-11(3)8-16-9-15/h9-11,13H,5-8H2,1-4H3. The quantitative estimate of drug-likeness (QED) is 0.509. The molecule has 0 aromatic rings. The average Bonchev–Trinajstić information content (AvgIpc) is 2.58. The Kier molecular flexibility index (Phi) is 5.04. The minimum atomic E-state index is 0.439. The summed E-state index contributed by atoms with van der Waals surface area (Å²) in [6.07, 6.45) is 3.64. The monoisotopic (exact) mass is 224 g/mol. The van der Waals surface area contributed by atoms with E-state index in [2.05, 4.69) is 27.7 Å². The van der Waals surface area contributed by atoms with Crippen LogP contribution in [0.3, 0.4) is 0 Å². The fourth-order valence-electron chi connectivity index (χ4n) is 2.72. The molecule has 92 valence electrons. The molecule has 2 nitrogen and oxygen atoms in total. The van der Waals surface area contributed by atoms with Gasteiger partial charge in [-0.2, -0.15) is 0 Å². The van der Waals surface area contributed by atoms with Crippen LogP contribution in [0.25, 0.3) is 0 Å². The van der Waals surface area contributed by atoms with Gasteiger partial charge in [-0.25, -0.2) is 0 Å². The first-order valence-corrected chi connectivity index (χ1v) is 6.30. The molecule has 0 saturated carbocycles. The lowest BCUT2D eigenvalue weighted by Crippen LogP contribution is -2.13. The molecular formula is C14H24O2. The third kappa shape index (κ3) is 3.36. The van der Waals surface area contributed by atoms with Crippen molar-refractivity contribution in [3.05, 3.63) is 11.1 Å². The van der Waals surface area contributed by atoms with Crippen molar-refractivity contribution >= 4 is 6.47 Å². The molecular weight excluding hydrogens is 200 g/mol. The third-order valence-corrected chi connectivity index (χ3v) is 3.65. The van der Waals surface area contributed by atoms with E-state index in [4.69, 9.17) is 4.74 Å². The van der Waals surface area contributed by atoms with Gasteiger partial charge >= 0.3 is 0 Å². The average molecular weight is 224 g/mol. The summed E-state index contributed by atoms with van der Waals surface area (Å²) in [6, 6.07) is 0. The number of hydrogen-bond acceptors (Lipinski definition) is 2. The van der Waals surface area contributed by atoms with Crippen molar-refractivity contribution in [2.24, 2.45) is 17.8 Å². The van der Waals surface area contributed by atoms with Crippen molar-refractivity contribution in [2.45, 2.75) is 47.0 Å². The Hall–Kier alpha value is -0.790. The van der Waals surface area contributed by atoms with Gasteiger partial charge in [0.2, 0.25) is 0 Å². The smallest absolute Gasteiger partial charge is 0.293 e. The van der Waals surface area contributed by atoms with E-state index in [1.165, 1.54) is 12.8 Å². The van der Waals surface area contributed by atoms with E-state index in [9.17, 15) is 4.79 Å². The molecule has 2 atom stereocenters. The molecule has 2 unspecified atom stereocenters. The van der Waals surface area contributed by atoms with Crippen LogP contribution in [0.15, 0.2) is 11.1 Å². The fourth-order valence-corrected chi connectivity index (χ4v) is 2.72. The molecule has 0 saturated heterocycles. The Morgan fingerprint density at radius 1 is 1.44 bits per heavy atom. The van der Waals surface area contributed by atoms with Gasteiger partial charge in [0.05, 0.1) is 6.61 Å². The van der Waals surface area contributed by atoms with Crippen molar-refractivity contribution in [1.29, 1.82) is 0 Å². The second-order valence-corrected chi connectivity index (χ2v) is 5.43. The first-order chi connectivity index (χ1) is 7.56. The highest BCUT2D eigenvalue weighted by Crippen LogP contribution is 2.39. The van der Waals surface area contributed by atoms with Gasteiger partial charge < -0.3 is 4.74 Å². The summed E-state index contributed by atoms with van der Waals surface area (Å²) in [4.78, 5) is 10.1. The maximum atomic E-state index is 10.1. The van der Waals surface area contributed by atoms with Crippen molar-refractivity contribution < 1.29 is 9.53 Å². The second kappa shape index (κ2) is 6.07. The first-order valence-electron chi connectivity index (χ1n) is 6.30. The molecule has 0 bridgehead atoms. The summed E-state index contributed by atoms with van der Waals surface area (Å²) in [5.74, 6) is 1.92. The molecule has 1 rings (SSSR count). The molecule has 0 heterocycles. The summed E-state index contributed by atoms with van der Waals surface area (Å²) >= 11 is 0. The van der Waals surface area contributed by atoms with Crippen molar-refractivity contribution in [3.63, 3.8) is 0 Å². The summed E-state index contributed by atoms with van der Waals surface area (Å²) < 4.78 is 4.83. The summed E-state index contributed by atoms with van der Waals surface area (Å²) in [7, 11) is 0. The number of ether oxygens (including phenoxy) is 1. The van der Waals surface area contributed by atoms with Gasteiger partial charge in [0, 0.05) is 0 Å². The van der Waals surface area contributed by atoms with E-state index in [0.29, 0.717) is 19.0 Å². The van der Waals surface area contributed by atoms with Crippen LogP contribution in [0.1, 0.15) is 47.0 Å². The molecule has 0 fully saturated rings. The van der Waals surface area contributed by atoms with E-state index >= 15 is 0 Å². The minimum Gasteiger partial charge on any atom is -0.468 e. The van der Waals surface area contributed by atoms with Crippen LogP contribution < -0.4 is 0 Å².